The van der Waals surface area contributed by atoms with Crippen molar-refractivity contribution in [1.29, 1.82) is 0 Å². The topological polar surface area (TPSA) is 61.4 Å². The first-order valence-electron chi connectivity index (χ1n) is 5.36. The van der Waals surface area contributed by atoms with Crippen LogP contribution in [-0.2, 0) is 4.79 Å². The third-order valence-corrected chi connectivity index (χ3v) is 3.71. The molecule has 0 aliphatic carbocycles. The van der Waals surface area contributed by atoms with E-state index in [9.17, 15) is 9.90 Å². The molecule has 2 unspecified atom stereocenters. The number of carbonyl (C=O) groups is 1. The second kappa shape index (κ2) is 5.72. The highest BCUT2D eigenvalue weighted by Crippen LogP contribution is 2.09. The summed E-state index contributed by atoms with van der Waals surface area (Å²) in [5.74, 6) is 1.88. The molecule has 0 spiro atoms. The summed E-state index contributed by atoms with van der Waals surface area (Å²) < 4.78 is 0. The van der Waals surface area contributed by atoms with Crippen LogP contribution in [0.5, 0.6) is 0 Å². The molecule has 0 saturated carbocycles. The van der Waals surface area contributed by atoms with Crippen LogP contribution in [0.4, 0.5) is 0 Å². The van der Waals surface area contributed by atoms with E-state index >= 15 is 0 Å². The summed E-state index contributed by atoms with van der Waals surface area (Å²) >= 11 is 1.78. The number of carbonyl (C=O) groups excluding carboxylic acids is 1. The van der Waals surface area contributed by atoms with Gasteiger partial charge in [0.1, 0.15) is 0 Å². The Kier molecular flexibility index (Phi) is 4.89. The lowest BCUT2D eigenvalue weighted by Crippen LogP contribution is -2.51. The molecule has 0 aromatic heterocycles. The predicted molar refractivity (Wildman–Crippen MR) is 63.0 cm³/mol. The molecule has 15 heavy (non-hydrogen) atoms. The Morgan fingerprint density at radius 3 is 3.00 bits per heavy atom. The predicted octanol–water partition coefficient (Wildman–Crippen LogP) is -0.0314. The van der Waals surface area contributed by atoms with Crippen molar-refractivity contribution in [3.05, 3.63) is 0 Å². The van der Waals surface area contributed by atoms with Gasteiger partial charge in [0.15, 0.2) is 0 Å². The van der Waals surface area contributed by atoms with Crippen LogP contribution in [-0.4, -0.2) is 47.3 Å². The highest BCUT2D eigenvalue weighted by molar-refractivity contribution is 7.99. The summed E-state index contributed by atoms with van der Waals surface area (Å²) in [6, 6.07) is -0.101. The minimum atomic E-state index is -0.794. The molecule has 3 N–H and O–H groups in total. The zero-order chi connectivity index (χ0) is 11.3. The monoisotopic (exact) mass is 232 g/mol. The lowest BCUT2D eigenvalue weighted by atomic mass is 10.0. The summed E-state index contributed by atoms with van der Waals surface area (Å²) in [5.41, 5.74) is -0.794. The van der Waals surface area contributed by atoms with Crippen LogP contribution in [0.15, 0.2) is 0 Å². The van der Waals surface area contributed by atoms with Gasteiger partial charge in [0, 0.05) is 24.6 Å². The quantitative estimate of drug-likeness (QED) is 0.637. The molecule has 0 radical (unpaired) electrons. The molecule has 0 aromatic carbocycles. The van der Waals surface area contributed by atoms with E-state index < -0.39 is 5.60 Å². The second-order valence-electron chi connectivity index (χ2n) is 4.15. The largest absolute Gasteiger partial charge is 0.388 e. The molecule has 1 fully saturated rings. The maximum Gasteiger partial charge on any atom is 0.238 e. The van der Waals surface area contributed by atoms with Crippen molar-refractivity contribution in [2.24, 2.45) is 0 Å². The lowest BCUT2D eigenvalue weighted by Gasteiger charge is -2.26. The van der Waals surface area contributed by atoms with E-state index in [2.05, 4.69) is 10.6 Å². The van der Waals surface area contributed by atoms with E-state index in [0.29, 0.717) is 13.0 Å². The lowest BCUT2D eigenvalue weighted by molar-refractivity contribution is -0.123. The highest BCUT2D eigenvalue weighted by Gasteiger charge is 2.24. The number of rotatable bonds is 4. The van der Waals surface area contributed by atoms with Gasteiger partial charge in [-0.3, -0.25) is 4.79 Å². The van der Waals surface area contributed by atoms with Gasteiger partial charge in [-0.15, -0.1) is 0 Å². The maximum atomic E-state index is 11.7. The second-order valence-corrected chi connectivity index (χ2v) is 5.30. The zero-order valence-corrected chi connectivity index (χ0v) is 10.2. The first-order valence-corrected chi connectivity index (χ1v) is 6.52. The van der Waals surface area contributed by atoms with Crippen molar-refractivity contribution < 1.29 is 9.90 Å². The first-order chi connectivity index (χ1) is 7.05. The first kappa shape index (κ1) is 12.8. The SMILES string of the molecule is CCC(C)(O)CNC(=O)C1CSCCN1. The average molecular weight is 232 g/mol. The van der Waals surface area contributed by atoms with E-state index in [1.165, 1.54) is 0 Å². The van der Waals surface area contributed by atoms with Gasteiger partial charge in [0.25, 0.3) is 0 Å². The fraction of sp³-hybridized carbons (Fsp3) is 0.900. The van der Waals surface area contributed by atoms with Crippen molar-refractivity contribution in [2.45, 2.75) is 31.9 Å². The van der Waals surface area contributed by atoms with Gasteiger partial charge in [-0.1, -0.05) is 6.92 Å². The Labute approximate surface area is 95.2 Å². The van der Waals surface area contributed by atoms with Gasteiger partial charge >= 0.3 is 0 Å². The molecule has 1 rings (SSSR count). The van der Waals surface area contributed by atoms with Crippen molar-refractivity contribution in [3.63, 3.8) is 0 Å². The number of hydrogen-bond acceptors (Lipinski definition) is 4. The molecule has 1 amide bonds. The van der Waals surface area contributed by atoms with Gasteiger partial charge in [0.05, 0.1) is 11.6 Å². The van der Waals surface area contributed by atoms with Gasteiger partial charge in [-0.05, 0) is 13.3 Å². The fourth-order valence-corrected chi connectivity index (χ4v) is 2.19. The van der Waals surface area contributed by atoms with Gasteiger partial charge in [-0.25, -0.2) is 0 Å². The van der Waals surface area contributed by atoms with Crippen LogP contribution in [0, 0.1) is 0 Å². The molecule has 1 heterocycles. The number of hydrogen-bond donors (Lipinski definition) is 3. The molecule has 2 atom stereocenters. The van der Waals surface area contributed by atoms with Gasteiger partial charge in [0.2, 0.25) is 5.91 Å². The van der Waals surface area contributed by atoms with E-state index in [1.54, 1.807) is 18.7 Å². The average Bonchev–Trinajstić information content (AvgIpc) is 2.27. The minimum Gasteiger partial charge on any atom is -0.388 e. The van der Waals surface area contributed by atoms with Gasteiger partial charge in [-0.2, -0.15) is 11.8 Å². The standard InChI is InChI=1S/C10H20N2O2S/c1-3-10(2,14)7-12-9(13)8-6-15-5-4-11-8/h8,11,14H,3-7H2,1-2H3,(H,12,13). The zero-order valence-electron chi connectivity index (χ0n) is 9.38. The molecule has 1 aliphatic rings. The Hall–Kier alpha value is -0.260. The molecule has 0 aromatic rings. The van der Waals surface area contributed by atoms with Crippen LogP contribution in [0.2, 0.25) is 0 Å². The Morgan fingerprint density at radius 1 is 1.73 bits per heavy atom. The molecular formula is C10H20N2O2S. The molecule has 88 valence electrons. The van der Waals surface area contributed by atoms with E-state index in [4.69, 9.17) is 0 Å². The fourth-order valence-electron chi connectivity index (χ4n) is 1.26. The smallest absolute Gasteiger partial charge is 0.238 e. The molecule has 0 bridgehead atoms. The third kappa shape index (κ3) is 4.40. The molecule has 1 saturated heterocycles. The van der Waals surface area contributed by atoms with Crippen molar-refractivity contribution in [2.75, 3.05) is 24.6 Å². The third-order valence-electron chi connectivity index (χ3n) is 2.64. The Balaban J connectivity index is 2.28. The highest BCUT2D eigenvalue weighted by atomic mass is 32.2. The van der Waals surface area contributed by atoms with Crippen LogP contribution in [0.1, 0.15) is 20.3 Å². The Morgan fingerprint density at radius 2 is 2.47 bits per heavy atom. The van der Waals surface area contributed by atoms with Crippen molar-refractivity contribution >= 4 is 17.7 Å². The van der Waals surface area contributed by atoms with Crippen LogP contribution in [0.25, 0.3) is 0 Å². The van der Waals surface area contributed by atoms with Gasteiger partial charge < -0.3 is 15.7 Å². The van der Waals surface area contributed by atoms with Crippen molar-refractivity contribution in [1.82, 2.24) is 10.6 Å². The van der Waals surface area contributed by atoms with E-state index in [1.807, 2.05) is 6.92 Å². The van der Waals surface area contributed by atoms with E-state index in [-0.39, 0.29) is 11.9 Å². The summed E-state index contributed by atoms with van der Waals surface area (Å²) in [7, 11) is 0. The number of nitrogens with one attached hydrogen (secondary N) is 2. The molecule has 5 heteroatoms. The number of aliphatic hydroxyl groups is 1. The van der Waals surface area contributed by atoms with E-state index in [0.717, 1.165) is 18.1 Å². The molecular weight excluding hydrogens is 212 g/mol. The minimum absolute atomic E-state index is 0.00377. The summed E-state index contributed by atoms with van der Waals surface area (Å²) in [5, 5.41) is 15.7. The number of amides is 1. The van der Waals surface area contributed by atoms with Crippen molar-refractivity contribution in [3.8, 4) is 0 Å². The molecule has 4 nitrogen and oxygen atoms in total. The normalized spacial score (nSPS) is 25.7. The van der Waals surface area contributed by atoms with Crippen LogP contribution < -0.4 is 10.6 Å². The maximum absolute atomic E-state index is 11.7. The Bertz CT molecular complexity index is 215. The summed E-state index contributed by atoms with van der Waals surface area (Å²) in [4.78, 5) is 11.7. The molecule has 1 aliphatic heterocycles. The summed E-state index contributed by atoms with van der Waals surface area (Å²) in [6.07, 6.45) is 0.639. The van der Waals surface area contributed by atoms with Crippen LogP contribution >= 0.6 is 11.8 Å². The van der Waals surface area contributed by atoms with Crippen LogP contribution in [0.3, 0.4) is 0 Å². The number of thioether (sulfide) groups is 1. The summed E-state index contributed by atoms with van der Waals surface area (Å²) in [6.45, 7) is 4.84.